The van der Waals surface area contributed by atoms with Crippen molar-refractivity contribution in [2.45, 2.75) is 6.54 Å². The zero-order valence-corrected chi connectivity index (χ0v) is 11.9. The quantitative estimate of drug-likeness (QED) is 0.710. The molecule has 4 heteroatoms. The maximum Gasteiger partial charge on any atom is 0.304 e. The molecular formula is C18H15N3O. The predicted octanol–water partition coefficient (Wildman–Crippen LogP) is 2.09. The van der Waals surface area contributed by atoms with Crippen LogP contribution in [0.3, 0.4) is 0 Å². The summed E-state index contributed by atoms with van der Waals surface area (Å²) in [6.07, 6.45) is 0. The number of aliphatic imine (C=N–C) groups is 1. The normalized spacial score (nSPS) is 15.0. The molecule has 4 nitrogen and oxygen atoms in total. The second-order valence-electron chi connectivity index (χ2n) is 5.32. The minimum atomic E-state index is 0.0403. The maximum atomic E-state index is 12.2. The van der Waals surface area contributed by atoms with E-state index in [9.17, 15) is 5.11 Å². The third-order valence-electron chi connectivity index (χ3n) is 3.92. The SMILES string of the molecule is [O-]c1ccc2ccccc2c1CN=C1Nc2ccccc2[NH2+]1. The molecule has 0 saturated carbocycles. The lowest BCUT2D eigenvalue weighted by Gasteiger charge is -2.14. The largest absolute Gasteiger partial charge is 0.872 e. The Hall–Kier alpha value is -2.85. The van der Waals surface area contributed by atoms with Gasteiger partial charge >= 0.3 is 5.96 Å². The zero-order chi connectivity index (χ0) is 14.9. The highest BCUT2D eigenvalue weighted by molar-refractivity contribution is 5.95. The van der Waals surface area contributed by atoms with E-state index in [0.29, 0.717) is 6.54 Å². The molecule has 0 fully saturated rings. The molecule has 0 unspecified atom stereocenters. The Morgan fingerprint density at radius 3 is 2.68 bits per heavy atom. The first-order chi connectivity index (χ1) is 10.8. The van der Waals surface area contributed by atoms with Crippen molar-refractivity contribution in [2.75, 3.05) is 5.32 Å². The highest BCUT2D eigenvalue weighted by atomic mass is 16.3. The number of guanidine groups is 1. The van der Waals surface area contributed by atoms with Gasteiger partial charge in [-0.1, -0.05) is 48.5 Å². The van der Waals surface area contributed by atoms with Crippen LogP contribution in [0.15, 0.2) is 65.7 Å². The molecule has 3 N–H and O–H groups in total. The number of nitrogens with zero attached hydrogens (tertiary/aromatic N) is 1. The van der Waals surface area contributed by atoms with Gasteiger partial charge in [0.15, 0.2) is 5.69 Å². The molecule has 1 heterocycles. The zero-order valence-electron chi connectivity index (χ0n) is 11.9. The summed E-state index contributed by atoms with van der Waals surface area (Å²) in [7, 11) is 0. The second kappa shape index (κ2) is 5.16. The summed E-state index contributed by atoms with van der Waals surface area (Å²) < 4.78 is 0. The summed E-state index contributed by atoms with van der Waals surface area (Å²) >= 11 is 0. The first-order valence-corrected chi connectivity index (χ1v) is 7.24. The van der Waals surface area contributed by atoms with E-state index in [1.165, 1.54) is 0 Å². The fourth-order valence-electron chi connectivity index (χ4n) is 2.79. The van der Waals surface area contributed by atoms with E-state index in [0.717, 1.165) is 33.7 Å². The van der Waals surface area contributed by atoms with Crippen molar-refractivity contribution in [1.29, 1.82) is 0 Å². The number of benzene rings is 3. The monoisotopic (exact) mass is 289 g/mol. The van der Waals surface area contributed by atoms with Crippen molar-refractivity contribution in [1.82, 2.24) is 0 Å². The second-order valence-corrected chi connectivity index (χ2v) is 5.32. The minimum absolute atomic E-state index is 0.0403. The molecule has 0 saturated heterocycles. The Morgan fingerprint density at radius 2 is 1.77 bits per heavy atom. The number of hydrogen-bond donors (Lipinski definition) is 2. The van der Waals surface area contributed by atoms with Gasteiger partial charge in [0.25, 0.3) is 0 Å². The van der Waals surface area contributed by atoms with Crippen LogP contribution in [0.2, 0.25) is 0 Å². The molecule has 0 radical (unpaired) electrons. The van der Waals surface area contributed by atoms with Gasteiger partial charge in [-0.15, -0.1) is 5.75 Å². The number of rotatable bonds is 2. The summed E-state index contributed by atoms with van der Waals surface area (Å²) in [6.45, 7) is 0.382. The van der Waals surface area contributed by atoms with Gasteiger partial charge in [-0.05, 0) is 22.4 Å². The molecule has 0 aliphatic carbocycles. The van der Waals surface area contributed by atoms with Crippen LogP contribution >= 0.6 is 0 Å². The van der Waals surface area contributed by atoms with Crippen LogP contribution in [0.5, 0.6) is 5.75 Å². The van der Waals surface area contributed by atoms with E-state index in [1.807, 2.05) is 59.9 Å². The number of nitrogens with one attached hydrogen (secondary N) is 1. The molecule has 4 rings (SSSR count). The summed E-state index contributed by atoms with van der Waals surface area (Å²) in [6, 6.07) is 19.5. The number of hydrogen-bond acceptors (Lipinski definition) is 2. The number of para-hydroxylation sites is 2. The molecule has 3 aromatic carbocycles. The molecule has 0 spiro atoms. The van der Waals surface area contributed by atoms with Gasteiger partial charge < -0.3 is 5.11 Å². The smallest absolute Gasteiger partial charge is 0.304 e. The van der Waals surface area contributed by atoms with E-state index in [4.69, 9.17) is 0 Å². The van der Waals surface area contributed by atoms with E-state index < -0.39 is 0 Å². The number of quaternary nitrogens is 1. The highest BCUT2D eigenvalue weighted by Gasteiger charge is 2.19. The highest BCUT2D eigenvalue weighted by Crippen LogP contribution is 2.26. The Morgan fingerprint density at radius 1 is 0.955 bits per heavy atom. The Bertz CT molecular complexity index is 859. The van der Waals surface area contributed by atoms with Crippen LogP contribution in [0, 0.1) is 0 Å². The third-order valence-corrected chi connectivity index (χ3v) is 3.92. The number of anilines is 1. The van der Waals surface area contributed by atoms with Crippen LogP contribution in [0.4, 0.5) is 11.4 Å². The van der Waals surface area contributed by atoms with Gasteiger partial charge in [-0.3, -0.25) is 5.32 Å². The van der Waals surface area contributed by atoms with Gasteiger partial charge in [-0.2, -0.15) is 0 Å². The van der Waals surface area contributed by atoms with Crippen molar-refractivity contribution in [3.05, 3.63) is 66.2 Å². The Kier molecular flexibility index (Phi) is 3.02. The van der Waals surface area contributed by atoms with Crippen LogP contribution in [-0.2, 0) is 6.54 Å². The summed E-state index contributed by atoms with van der Waals surface area (Å²) in [5.74, 6) is 0.840. The number of nitrogens with two attached hydrogens (primary N) is 1. The lowest BCUT2D eigenvalue weighted by atomic mass is 10.0. The first-order valence-electron chi connectivity index (χ1n) is 7.24. The Labute approximate surface area is 128 Å². The average Bonchev–Trinajstić information content (AvgIpc) is 2.97. The van der Waals surface area contributed by atoms with E-state index in [2.05, 4.69) is 10.3 Å². The lowest BCUT2D eigenvalue weighted by Crippen LogP contribution is -2.81. The van der Waals surface area contributed by atoms with Gasteiger partial charge in [0.1, 0.15) is 5.69 Å². The van der Waals surface area contributed by atoms with Crippen molar-refractivity contribution < 1.29 is 10.4 Å². The van der Waals surface area contributed by atoms with Gasteiger partial charge in [0.2, 0.25) is 0 Å². The van der Waals surface area contributed by atoms with Crippen LogP contribution < -0.4 is 15.7 Å². The van der Waals surface area contributed by atoms with Gasteiger partial charge in [-0.25, -0.2) is 10.3 Å². The number of fused-ring (bicyclic) bond motifs is 2. The van der Waals surface area contributed by atoms with Gasteiger partial charge in [0, 0.05) is 6.07 Å². The molecule has 22 heavy (non-hydrogen) atoms. The van der Waals surface area contributed by atoms with Gasteiger partial charge in [0.05, 0.1) is 6.54 Å². The van der Waals surface area contributed by atoms with E-state index >= 15 is 0 Å². The van der Waals surface area contributed by atoms with Crippen LogP contribution in [0.25, 0.3) is 10.8 Å². The maximum absolute atomic E-state index is 12.2. The first kappa shape index (κ1) is 12.9. The van der Waals surface area contributed by atoms with Crippen molar-refractivity contribution >= 4 is 28.1 Å². The fourth-order valence-corrected chi connectivity index (χ4v) is 2.79. The topological polar surface area (TPSA) is 64.1 Å². The molecular weight excluding hydrogens is 274 g/mol. The van der Waals surface area contributed by atoms with E-state index in [-0.39, 0.29) is 5.75 Å². The average molecular weight is 289 g/mol. The van der Waals surface area contributed by atoms with Crippen LogP contribution in [0.1, 0.15) is 5.56 Å². The molecule has 0 atom stereocenters. The van der Waals surface area contributed by atoms with Crippen molar-refractivity contribution in [3.8, 4) is 5.75 Å². The van der Waals surface area contributed by atoms with E-state index in [1.54, 1.807) is 6.07 Å². The molecule has 1 aliphatic rings. The predicted molar refractivity (Wildman–Crippen MR) is 86.2 cm³/mol. The third kappa shape index (κ3) is 2.19. The summed E-state index contributed by atoms with van der Waals surface area (Å²) in [5, 5.41) is 19.5. The standard InChI is InChI=1S/C18H15N3O/c22-17-10-9-12-5-1-2-6-13(12)14(17)11-19-18-20-15-7-3-4-8-16(15)21-18/h1-10,22H,11H2,(H2,19,20,21). The molecule has 108 valence electrons. The minimum Gasteiger partial charge on any atom is -0.872 e. The fraction of sp³-hybridized carbons (Fsp3) is 0.0556. The van der Waals surface area contributed by atoms with Crippen LogP contribution in [-0.4, -0.2) is 5.96 Å². The summed E-state index contributed by atoms with van der Waals surface area (Å²) in [5.41, 5.74) is 2.93. The van der Waals surface area contributed by atoms with Crippen molar-refractivity contribution in [2.24, 2.45) is 4.99 Å². The molecule has 0 aromatic heterocycles. The Balaban J connectivity index is 1.66. The molecule has 1 aliphatic heterocycles. The van der Waals surface area contributed by atoms with Crippen molar-refractivity contribution in [3.63, 3.8) is 0 Å². The molecule has 0 amide bonds. The lowest BCUT2D eigenvalue weighted by molar-refractivity contribution is -0.437. The molecule has 0 bridgehead atoms. The summed E-state index contributed by atoms with van der Waals surface area (Å²) in [4.78, 5) is 4.57. The molecule has 3 aromatic rings.